The van der Waals surface area contributed by atoms with Gasteiger partial charge in [0.05, 0.1) is 6.61 Å². The summed E-state index contributed by atoms with van der Waals surface area (Å²) in [5, 5.41) is 9.08. The van der Waals surface area contributed by atoms with Crippen molar-refractivity contribution in [1.29, 1.82) is 0 Å². The Labute approximate surface area is 154 Å². The van der Waals surface area contributed by atoms with E-state index in [-0.39, 0.29) is 6.61 Å². The fraction of sp³-hybridized carbons (Fsp3) is 0.125. The Morgan fingerprint density at radius 1 is 0.880 bits per heavy atom. The summed E-state index contributed by atoms with van der Waals surface area (Å²) >= 11 is 11.9. The molecule has 9 heteroatoms. The molecule has 0 unspecified atom stereocenters. The molecule has 0 spiro atoms. The average molecular weight is 399 g/mol. The maximum atomic E-state index is 12.4. The van der Waals surface area contributed by atoms with Crippen LogP contribution >= 0.6 is 31.0 Å². The van der Waals surface area contributed by atoms with Crippen LogP contribution in [0.1, 0.15) is 18.1 Å². The van der Waals surface area contributed by atoms with Crippen molar-refractivity contribution in [2.45, 2.75) is 6.92 Å². The SMILES string of the molecule is CCOP1(=O)ON=C(c2ccc(Cl)cc2)C(c2ccc(Cl)cc2)=NO1. The maximum Gasteiger partial charge on any atom is 0.629 e. The number of nitrogens with zero attached hydrogens (tertiary/aromatic N) is 2. The van der Waals surface area contributed by atoms with Gasteiger partial charge >= 0.3 is 7.82 Å². The molecule has 25 heavy (non-hydrogen) atoms. The van der Waals surface area contributed by atoms with E-state index >= 15 is 0 Å². The Kier molecular flexibility index (Phi) is 5.45. The van der Waals surface area contributed by atoms with Crippen molar-refractivity contribution < 1.29 is 18.3 Å². The minimum atomic E-state index is -3.92. The highest BCUT2D eigenvalue weighted by atomic mass is 35.5. The van der Waals surface area contributed by atoms with E-state index in [0.717, 1.165) is 0 Å². The number of hydrogen-bond acceptors (Lipinski definition) is 6. The van der Waals surface area contributed by atoms with Crippen molar-refractivity contribution in [3.63, 3.8) is 0 Å². The minimum absolute atomic E-state index is 0.120. The molecule has 0 amide bonds. The zero-order valence-corrected chi connectivity index (χ0v) is 15.5. The van der Waals surface area contributed by atoms with Crippen molar-refractivity contribution in [2.75, 3.05) is 6.61 Å². The summed E-state index contributed by atoms with van der Waals surface area (Å²) in [6.07, 6.45) is 0. The maximum absolute atomic E-state index is 12.4. The largest absolute Gasteiger partial charge is 0.629 e. The van der Waals surface area contributed by atoms with Gasteiger partial charge in [0.15, 0.2) is 0 Å². The molecule has 1 aliphatic heterocycles. The lowest BCUT2D eigenvalue weighted by Crippen LogP contribution is -2.16. The molecule has 0 aliphatic carbocycles. The predicted octanol–water partition coefficient (Wildman–Crippen LogP) is 5.29. The van der Waals surface area contributed by atoms with Crippen LogP contribution in [0.3, 0.4) is 0 Å². The van der Waals surface area contributed by atoms with Gasteiger partial charge < -0.3 is 0 Å². The fourth-order valence-electron chi connectivity index (χ4n) is 2.08. The van der Waals surface area contributed by atoms with Crippen molar-refractivity contribution in [3.05, 3.63) is 69.7 Å². The molecule has 0 saturated heterocycles. The molecule has 1 aliphatic rings. The summed E-state index contributed by atoms with van der Waals surface area (Å²) in [4.78, 5) is 0. The Balaban J connectivity index is 2.09. The van der Waals surface area contributed by atoms with Crippen molar-refractivity contribution in [2.24, 2.45) is 10.3 Å². The lowest BCUT2D eigenvalue weighted by atomic mass is 10.00. The quantitative estimate of drug-likeness (QED) is 0.655. The molecule has 0 N–H and O–H groups in total. The Hall–Kier alpha value is -1.85. The Morgan fingerprint density at radius 2 is 1.28 bits per heavy atom. The minimum Gasteiger partial charge on any atom is -0.281 e. The molecule has 3 rings (SSSR count). The van der Waals surface area contributed by atoms with E-state index in [2.05, 4.69) is 10.3 Å². The molecule has 0 atom stereocenters. The van der Waals surface area contributed by atoms with Gasteiger partial charge in [-0.1, -0.05) is 57.8 Å². The monoisotopic (exact) mass is 398 g/mol. The van der Waals surface area contributed by atoms with Crippen LogP contribution in [-0.2, 0) is 18.3 Å². The number of benzene rings is 2. The second kappa shape index (κ2) is 7.58. The van der Waals surface area contributed by atoms with Crippen LogP contribution < -0.4 is 0 Å². The van der Waals surface area contributed by atoms with Gasteiger partial charge in [0.25, 0.3) is 0 Å². The summed E-state index contributed by atoms with van der Waals surface area (Å²) in [7, 11) is -3.92. The Morgan fingerprint density at radius 3 is 1.64 bits per heavy atom. The van der Waals surface area contributed by atoms with Crippen molar-refractivity contribution in [1.82, 2.24) is 0 Å². The first-order valence-electron chi connectivity index (χ1n) is 7.31. The van der Waals surface area contributed by atoms with Gasteiger partial charge in [-0.2, -0.15) is 0 Å². The fourth-order valence-corrected chi connectivity index (χ4v) is 3.14. The van der Waals surface area contributed by atoms with E-state index in [4.69, 9.17) is 37.0 Å². The zero-order valence-electron chi connectivity index (χ0n) is 13.1. The molecule has 0 bridgehead atoms. The van der Waals surface area contributed by atoms with E-state index < -0.39 is 7.82 Å². The van der Waals surface area contributed by atoms with Gasteiger partial charge in [0.1, 0.15) is 11.4 Å². The predicted molar refractivity (Wildman–Crippen MR) is 97.4 cm³/mol. The normalized spacial score (nSPS) is 16.1. The number of rotatable bonds is 4. The number of hydrogen-bond donors (Lipinski definition) is 0. The molecule has 1 heterocycles. The van der Waals surface area contributed by atoms with Crippen molar-refractivity contribution in [3.8, 4) is 0 Å². The van der Waals surface area contributed by atoms with Crippen LogP contribution in [0.25, 0.3) is 0 Å². The second-order valence-corrected chi connectivity index (χ2v) is 7.27. The topological polar surface area (TPSA) is 69.5 Å². The molecule has 0 radical (unpaired) electrons. The van der Waals surface area contributed by atoms with E-state index in [1.54, 1.807) is 55.5 Å². The molecule has 2 aromatic rings. The van der Waals surface area contributed by atoms with Gasteiger partial charge in [0.2, 0.25) is 0 Å². The first kappa shape index (κ1) is 18.0. The third kappa shape index (κ3) is 4.22. The van der Waals surface area contributed by atoms with Crippen LogP contribution in [0.15, 0.2) is 58.8 Å². The van der Waals surface area contributed by atoms with E-state index in [9.17, 15) is 4.57 Å². The third-order valence-corrected chi connectivity index (χ3v) is 4.85. The lowest BCUT2D eigenvalue weighted by Gasteiger charge is -2.08. The van der Waals surface area contributed by atoms with Gasteiger partial charge in [-0.05, 0) is 31.2 Å². The summed E-state index contributed by atoms with van der Waals surface area (Å²) < 4.78 is 27.5. The molecule has 0 saturated carbocycles. The second-order valence-electron chi connectivity index (χ2n) is 4.92. The van der Waals surface area contributed by atoms with Gasteiger partial charge in [-0.15, -0.1) is 0 Å². The van der Waals surface area contributed by atoms with E-state index in [0.29, 0.717) is 32.6 Å². The first-order valence-corrected chi connectivity index (χ1v) is 9.53. The average Bonchev–Trinajstić information content (AvgIpc) is 2.76. The summed E-state index contributed by atoms with van der Waals surface area (Å²) in [5.41, 5.74) is 1.98. The number of oxime groups is 2. The molecular weight excluding hydrogens is 386 g/mol. The van der Waals surface area contributed by atoms with E-state index in [1.807, 2.05) is 0 Å². The molecule has 0 fully saturated rings. The van der Waals surface area contributed by atoms with Gasteiger partial charge in [-0.3, -0.25) is 13.8 Å². The highest BCUT2D eigenvalue weighted by Gasteiger charge is 2.34. The molecule has 0 aromatic heterocycles. The molecule has 2 aromatic carbocycles. The van der Waals surface area contributed by atoms with Crippen LogP contribution in [0.2, 0.25) is 10.0 Å². The number of phosphoric acid groups is 1. The lowest BCUT2D eigenvalue weighted by molar-refractivity contribution is 0.126. The zero-order chi connectivity index (χ0) is 17.9. The summed E-state index contributed by atoms with van der Waals surface area (Å²) in [6.45, 7) is 1.78. The van der Waals surface area contributed by atoms with Crippen LogP contribution in [0.5, 0.6) is 0 Å². The van der Waals surface area contributed by atoms with Crippen LogP contribution in [-0.4, -0.2) is 18.0 Å². The van der Waals surface area contributed by atoms with Gasteiger partial charge in [0, 0.05) is 21.2 Å². The highest BCUT2D eigenvalue weighted by molar-refractivity contribution is 7.48. The Bertz CT molecular complexity index is 799. The van der Waals surface area contributed by atoms with Crippen LogP contribution in [0, 0.1) is 0 Å². The standard InChI is InChI=1S/C16H13Cl2N2O4P/c1-2-22-25(21)23-19-15(11-3-7-13(17)8-4-11)16(20-24-25)12-5-9-14(18)10-6-12/h3-10H,2H2,1H3. The van der Waals surface area contributed by atoms with Crippen molar-refractivity contribution >= 4 is 42.4 Å². The van der Waals surface area contributed by atoms with Gasteiger partial charge in [-0.25, -0.2) is 4.57 Å². The molecule has 130 valence electrons. The number of halogens is 2. The third-order valence-electron chi connectivity index (χ3n) is 3.21. The summed E-state index contributed by atoms with van der Waals surface area (Å²) in [5.74, 6) is 0. The smallest absolute Gasteiger partial charge is 0.281 e. The highest BCUT2D eigenvalue weighted by Crippen LogP contribution is 2.51. The summed E-state index contributed by atoms with van der Waals surface area (Å²) in [6, 6.07) is 13.8. The first-order chi connectivity index (χ1) is 12.0. The molecule has 6 nitrogen and oxygen atoms in total. The van der Waals surface area contributed by atoms with E-state index in [1.165, 1.54) is 0 Å². The molecular formula is C16H13Cl2N2O4P. The van der Waals surface area contributed by atoms with Crippen LogP contribution in [0.4, 0.5) is 0 Å².